The molecule has 1 aromatic rings. The van der Waals surface area contributed by atoms with Crippen LogP contribution in [0.1, 0.15) is 19.4 Å². The molecule has 3 N–H and O–H groups in total. The van der Waals surface area contributed by atoms with Crippen LogP contribution in [0.2, 0.25) is 0 Å². The number of anilines is 2. The number of hydrogen-bond donors (Lipinski definition) is 2. The Hall–Kier alpha value is -1.20. The highest BCUT2D eigenvalue weighted by Gasteiger charge is 2.28. The van der Waals surface area contributed by atoms with Crippen molar-refractivity contribution in [1.29, 1.82) is 0 Å². The highest BCUT2D eigenvalue weighted by Crippen LogP contribution is 2.22. The number of nitrogens with zero attached hydrogens (tertiary/aromatic N) is 1. The van der Waals surface area contributed by atoms with Gasteiger partial charge in [-0.15, -0.1) is 0 Å². The predicted octanol–water partition coefficient (Wildman–Crippen LogP) is 2.34. The lowest BCUT2D eigenvalue weighted by Crippen LogP contribution is -2.50. The fourth-order valence-electron chi connectivity index (χ4n) is 2.49. The van der Waals surface area contributed by atoms with Gasteiger partial charge in [-0.2, -0.15) is 11.8 Å². The number of thioether (sulfide) groups is 1. The van der Waals surface area contributed by atoms with E-state index in [1.165, 1.54) is 0 Å². The molecule has 0 aromatic heterocycles. The number of carbonyl (C=O) groups is 1. The summed E-state index contributed by atoms with van der Waals surface area (Å²) in [5, 5.41) is 3.00. The van der Waals surface area contributed by atoms with Gasteiger partial charge in [-0.1, -0.05) is 6.07 Å². The molecule has 5 heteroatoms. The maximum Gasteiger partial charge on any atom is 0.241 e. The minimum absolute atomic E-state index is 0.0393. The fraction of sp³-hybridized carbons (Fsp3) is 0.533. The van der Waals surface area contributed by atoms with Gasteiger partial charge >= 0.3 is 0 Å². The third-order valence-corrected chi connectivity index (χ3v) is 5.12. The van der Waals surface area contributed by atoms with Crippen LogP contribution in [-0.2, 0) is 4.79 Å². The highest BCUT2D eigenvalue weighted by molar-refractivity contribution is 7.99. The number of hydrogen-bond acceptors (Lipinski definition) is 4. The van der Waals surface area contributed by atoms with Crippen LogP contribution in [0.3, 0.4) is 0 Å². The number of rotatable bonds is 3. The molecule has 0 bridgehead atoms. The smallest absolute Gasteiger partial charge is 0.241 e. The average molecular weight is 293 g/mol. The van der Waals surface area contributed by atoms with Gasteiger partial charge in [0.1, 0.15) is 0 Å². The Morgan fingerprint density at radius 3 is 3.00 bits per heavy atom. The van der Waals surface area contributed by atoms with Crippen LogP contribution in [0.5, 0.6) is 0 Å². The van der Waals surface area contributed by atoms with Gasteiger partial charge in [-0.3, -0.25) is 9.69 Å². The molecule has 0 aliphatic carbocycles. The largest absolute Gasteiger partial charge is 0.398 e. The number of amides is 1. The van der Waals surface area contributed by atoms with Gasteiger partial charge in [0.2, 0.25) is 5.91 Å². The first-order chi connectivity index (χ1) is 9.50. The Balaban J connectivity index is 2.05. The SMILES string of the molecule is Cc1c(N)cccc1NC(=O)C(C)N1CCSCC1C. The molecule has 1 aliphatic heterocycles. The minimum Gasteiger partial charge on any atom is -0.398 e. The molecule has 1 aliphatic rings. The van der Waals surface area contributed by atoms with E-state index < -0.39 is 0 Å². The van der Waals surface area contributed by atoms with Gasteiger partial charge in [0.05, 0.1) is 6.04 Å². The predicted molar refractivity (Wildman–Crippen MR) is 87.2 cm³/mol. The van der Waals surface area contributed by atoms with E-state index in [0.717, 1.165) is 29.3 Å². The summed E-state index contributed by atoms with van der Waals surface area (Å²) in [6.45, 7) is 7.05. The van der Waals surface area contributed by atoms with Crippen molar-refractivity contribution in [3.8, 4) is 0 Å². The molecule has 0 spiro atoms. The Morgan fingerprint density at radius 1 is 1.55 bits per heavy atom. The van der Waals surface area contributed by atoms with E-state index in [1.54, 1.807) is 0 Å². The summed E-state index contributed by atoms with van der Waals surface area (Å²) in [6, 6.07) is 5.93. The standard InChI is InChI=1S/C15H23N3OS/c1-10-9-20-8-7-18(10)12(3)15(19)17-14-6-4-5-13(16)11(14)2/h4-6,10,12H,7-9,16H2,1-3H3,(H,17,19). The van der Waals surface area contributed by atoms with Crippen molar-refractivity contribution in [1.82, 2.24) is 4.90 Å². The molecule has 20 heavy (non-hydrogen) atoms. The van der Waals surface area contributed by atoms with Gasteiger partial charge in [0.15, 0.2) is 0 Å². The van der Waals surface area contributed by atoms with Gasteiger partial charge < -0.3 is 11.1 Å². The van der Waals surface area contributed by atoms with Crippen molar-refractivity contribution < 1.29 is 4.79 Å². The Morgan fingerprint density at radius 2 is 2.30 bits per heavy atom. The van der Waals surface area contributed by atoms with Crippen LogP contribution >= 0.6 is 11.8 Å². The van der Waals surface area contributed by atoms with Crippen molar-refractivity contribution in [2.75, 3.05) is 29.1 Å². The summed E-state index contributed by atoms with van der Waals surface area (Å²) in [6.07, 6.45) is 0. The Kier molecular flexibility index (Phi) is 4.94. The van der Waals surface area contributed by atoms with Crippen molar-refractivity contribution in [2.24, 2.45) is 0 Å². The average Bonchev–Trinajstić information content (AvgIpc) is 2.43. The minimum atomic E-state index is -0.119. The van der Waals surface area contributed by atoms with E-state index in [9.17, 15) is 4.79 Å². The fourth-order valence-corrected chi connectivity index (χ4v) is 3.53. The van der Waals surface area contributed by atoms with Crippen LogP contribution in [0.15, 0.2) is 18.2 Å². The van der Waals surface area contributed by atoms with Gasteiger partial charge in [-0.25, -0.2) is 0 Å². The van der Waals surface area contributed by atoms with Crippen LogP contribution in [0.25, 0.3) is 0 Å². The lowest BCUT2D eigenvalue weighted by atomic mass is 10.1. The lowest BCUT2D eigenvalue weighted by Gasteiger charge is -2.36. The van der Waals surface area contributed by atoms with Crippen LogP contribution < -0.4 is 11.1 Å². The zero-order valence-corrected chi connectivity index (χ0v) is 13.2. The van der Waals surface area contributed by atoms with Crippen LogP contribution in [-0.4, -0.2) is 40.9 Å². The third kappa shape index (κ3) is 3.27. The maximum atomic E-state index is 12.4. The lowest BCUT2D eigenvalue weighted by molar-refractivity contribution is -0.121. The third-order valence-electron chi connectivity index (χ3n) is 3.93. The number of nitrogens with two attached hydrogens (primary N) is 1. The van der Waals surface area contributed by atoms with Crippen molar-refractivity contribution in [3.63, 3.8) is 0 Å². The van der Waals surface area contributed by atoms with E-state index in [4.69, 9.17) is 5.73 Å². The van der Waals surface area contributed by atoms with E-state index in [0.29, 0.717) is 11.7 Å². The summed E-state index contributed by atoms with van der Waals surface area (Å²) in [7, 11) is 0. The second-order valence-electron chi connectivity index (χ2n) is 5.35. The van der Waals surface area contributed by atoms with Crippen molar-refractivity contribution in [2.45, 2.75) is 32.9 Å². The van der Waals surface area contributed by atoms with E-state index >= 15 is 0 Å². The molecule has 4 nitrogen and oxygen atoms in total. The zero-order valence-electron chi connectivity index (χ0n) is 12.3. The molecule has 1 aromatic carbocycles. The quantitative estimate of drug-likeness (QED) is 0.840. The van der Waals surface area contributed by atoms with Gasteiger partial charge in [0.25, 0.3) is 0 Å². The normalized spacial score (nSPS) is 21.4. The molecular formula is C15H23N3OS. The molecule has 1 heterocycles. The maximum absolute atomic E-state index is 12.4. The summed E-state index contributed by atoms with van der Waals surface area (Å²) in [5.41, 5.74) is 8.31. The molecule has 0 radical (unpaired) electrons. The Bertz CT molecular complexity index is 492. The number of benzene rings is 1. The van der Waals surface area contributed by atoms with Gasteiger partial charge in [-0.05, 0) is 38.5 Å². The second-order valence-corrected chi connectivity index (χ2v) is 6.50. The second kappa shape index (κ2) is 6.50. The van der Waals surface area contributed by atoms with Crippen molar-refractivity contribution >= 4 is 29.0 Å². The van der Waals surface area contributed by atoms with E-state index in [-0.39, 0.29) is 11.9 Å². The first-order valence-electron chi connectivity index (χ1n) is 7.00. The number of nitrogens with one attached hydrogen (secondary N) is 1. The monoisotopic (exact) mass is 293 g/mol. The molecule has 1 saturated heterocycles. The topological polar surface area (TPSA) is 58.4 Å². The molecular weight excluding hydrogens is 270 g/mol. The summed E-state index contributed by atoms with van der Waals surface area (Å²) >= 11 is 1.95. The first kappa shape index (κ1) is 15.2. The zero-order chi connectivity index (χ0) is 14.7. The molecule has 0 saturated carbocycles. The van der Waals surface area contributed by atoms with Gasteiger partial charge in [0, 0.05) is 35.5 Å². The molecule has 2 unspecified atom stereocenters. The van der Waals surface area contributed by atoms with Crippen LogP contribution in [0.4, 0.5) is 11.4 Å². The molecule has 1 fully saturated rings. The van der Waals surface area contributed by atoms with E-state index in [2.05, 4.69) is 17.1 Å². The number of nitrogen functional groups attached to an aromatic ring is 1. The summed E-state index contributed by atoms with van der Waals surface area (Å²) in [5.74, 6) is 2.23. The summed E-state index contributed by atoms with van der Waals surface area (Å²) < 4.78 is 0. The highest BCUT2D eigenvalue weighted by atomic mass is 32.2. The molecule has 2 atom stereocenters. The van der Waals surface area contributed by atoms with E-state index in [1.807, 2.05) is 43.8 Å². The summed E-state index contributed by atoms with van der Waals surface area (Å²) in [4.78, 5) is 14.7. The Labute approximate surface area is 125 Å². The molecule has 1 amide bonds. The number of carbonyl (C=O) groups excluding carboxylic acids is 1. The first-order valence-corrected chi connectivity index (χ1v) is 8.15. The van der Waals surface area contributed by atoms with Crippen molar-refractivity contribution in [3.05, 3.63) is 23.8 Å². The molecule has 110 valence electrons. The molecule has 2 rings (SSSR count). The van der Waals surface area contributed by atoms with Crippen LogP contribution in [0, 0.1) is 6.92 Å².